The van der Waals surface area contributed by atoms with Crippen LogP contribution in [0.3, 0.4) is 0 Å². The summed E-state index contributed by atoms with van der Waals surface area (Å²) in [6, 6.07) is 2.01. The van der Waals surface area contributed by atoms with Gasteiger partial charge in [0, 0.05) is 24.3 Å². The maximum absolute atomic E-state index is 13.3. The van der Waals surface area contributed by atoms with E-state index in [-0.39, 0.29) is 16.4 Å². The van der Waals surface area contributed by atoms with E-state index in [0.717, 1.165) is 6.07 Å². The van der Waals surface area contributed by atoms with E-state index in [1.807, 2.05) is 0 Å². The third kappa shape index (κ3) is 4.56. The fourth-order valence-electron chi connectivity index (χ4n) is 1.19. The van der Waals surface area contributed by atoms with Crippen LogP contribution in [0.2, 0.25) is 0 Å². The van der Waals surface area contributed by atoms with Gasteiger partial charge < -0.3 is 5.73 Å². The Morgan fingerprint density at radius 1 is 1.41 bits per heavy atom. The van der Waals surface area contributed by atoms with E-state index in [1.54, 1.807) is 6.08 Å². The number of allylic oxidation sites excluding steroid dienone is 1. The van der Waals surface area contributed by atoms with Gasteiger partial charge in [-0.1, -0.05) is 23.9 Å². The number of nitrogen functional groups attached to an aromatic ring is 1. The second-order valence-corrected chi connectivity index (χ2v) is 4.70. The molecule has 0 saturated heterocycles. The zero-order valence-electron chi connectivity index (χ0n) is 9.37. The normalized spacial score (nSPS) is 11.0. The number of carbonyl (C=O) groups excluding carboxylic acids is 1. The van der Waals surface area contributed by atoms with Crippen LogP contribution in [0.5, 0.6) is 0 Å². The Bertz CT molecular complexity index is 446. The summed E-state index contributed by atoms with van der Waals surface area (Å²) in [6.07, 6.45) is 3.90. The topological polar surface area (TPSA) is 43.1 Å². The van der Waals surface area contributed by atoms with Gasteiger partial charge in [-0.15, -0.1) is 0 Å². The lowest BCUT2D eigenvalue weighted by Crippen LogP contribution is -1.94. The predicted octanol–water partition coefficient (Wildman–Crippen LogP) is 3.23. The molecule has 2 N–H and O–H groups in total. The molecule has 0 aliphatic carbocycles. The highest BCUT2D eigenvalue weighted by Gasteiger charge is 2.04. The molecule has 17 heavy (non-hydrogen) atoms. The van der Waals surface area contributed by atoms with Crippen LogP contribution < -0.4 is 5.73 Å². The second-order valence-electron chi connectivity index (χ2n) is 3.43. The van der Waals surface area contributed by atoms with Gasteiger partial charge in [-0.3, -0.25) is 4.79 Å². The maximum Gasteiger partial charge on any atom is 0.185 e. The molecule has 0 unspecified atom stereocenters. The predicted molar refractivity (Wildman–Crippen MR) is 67.6 cm³/mol. The standard InChI is InChI=1S/C12H13F2NOS/c1-8(16)17-5-3-2-4-9-6-12(15)11(14)7-10(9)13/h2,4,6-7H,3,5,15H2,1H3. The van der Waals surface area contributed by atoms with Crippen LogP contribution >= 0.6 is 11.8 Å². The molecular weight excluding hydrogens is 244 g/mol. The number of thioether (sulfide) groups is 1. The first-order chi connectivity index (χ1) is 8.00. The fourth-order valence-corrected chi connectivity index (χ4v) is 1.73. The minimum atomic E-state index is -0.758. The molecule has 0 fully saturated rings. The Morgan fingerprint density at radius 2 is 2.12 bits per heavy atom. The Hall–Kier alpha value is -1.36. The number of hydrogen-bond acceptors (Lipinski definition) is 3. The molecule has 0 spiro atoms. The first-order valence-electron chi connectivity index (χ1n) is 5.05. The summed E-state index contributed by atoms with van der Waals surface area (Å²) in [5, 5.41) is 0.0515. The van der Waals surface area contributed by atoms with Crippen LogP contribution in [-0.2, 0) is 4.79 Å². The number of halogens is 2. The van der Waals surface area contributed by atoms with E-state index in [4.69, 9.17) is 5.73 Å². The minimum absolute atomic E-state index is 0.0515. The van der Waals surface area contributed by atoms with E-state index < -0.39 is 11.6 Å². The second kappa shape index (κ2) is 6.39. The summed E-state index contributed by atoms with van der Waals surface area (Å²) in [7, 11) is 0. The number of anilines is 1. The highest BCUT2D eigenvalue weighted by atomic mass is 32.2. The van der Waals surface area contributed by atoms with Crippen molar-refractivity contribution < 1.29 is 13.6 Å². The first kappa shape index (κ1) is 13.7. The third-order valence-corrected chi connectivity index (χ3v) is 2.85. The lowest BCUT2D eigenvalue weighted by Gasteiger charge is -2.00. The van der Waals surface area contributed by atoms with E-state index in [2.05, 4.69) is 0 Å². The SMILES string of the molecule is CC(=O)SCCC=Cc1cc(N)c(F)cc1F. The van der Waals surface area contributed by atoms with Gasteiger partial charge in [-0.2, -0.15) is 0 Å². The highest BCUT2D eigenvalue weighted by Crippen LogP contribution is 2.18. The van der Waals surface area contributed by atoms with Gasteiger partial charge in [0.2, 0.25) is 0 Å². The van der Waals surface area contributed by atoms with Crippen LogP contribution in [0.1, 0.15) is 18.9 Å². The third-order valence-electron chi connectivity index (χ3n) is 2.00. The Morgan fingerprint density at radius 3 is 2.76 bits per heavy atom. The van der Waals surface area contributed by atoms with E-state index >= 15 is 0 Å². The van der Waals surface area contributed by atoms with Gasteiger partial charge >= 0.3 is 0 Å². The van der Waals surface area contributed by atoms with Gasteiger partial charge in [0.25, 0.3) is 0 Å². The molecule has 0 aliphatic rings. The van der Waals surface area contributed by atoms with Crippen molar-refractivity contribution in [3.8, 4) is 0 Å². The molecule has 0 heterocycles. The monoisotopic (exact) mass is 257 g/mol. The average Bonchev–Trinajstić information content (AvgIpc) is 2.24. The molecule has 0 atom stereocenters. The molecule has 0 aliphatic heterocycles. The smallest absolute Gasteiger partial charge is 0.185 e. The molecule has 1 aromatic rings. The highest BCUT2D eigenvalue weighted by molar-refractivity contribution is 8.13. The zero-order chi connectivity index (χ0) is 12.8. The molecule has 1 aromatic carbocycles. The van der Waals surface area contributed by atoms with E-state index in [1.165, 1.54) is 30.8 Å². The minimum Gasteiger partial charge on any atom is -0.396 e. The molecule has 0 radical (unpaired) electrons. The molecule has 5 heteroatoms. The van der Waals surface area contributed by atoms with Crippen LogP contribution in [0.25, 0.3) is 6.08 Å². The van der Waals surface area contributed by atoms with Crippen molar-refractivity contribution in [2.45, 2.75) is 13.3 Å². The summed E-state index contributed by atoms with van der Waals surface area (Å²) >= 11 is 1.21. The molecule has 2 nitrogen and oxygen atoms in total. The van der Waals surface area contributed by atoms with Gasteiger partial charge in [-0.25, -0.2) is 8.78 Å². The van der Waals surface area contributed by atoms with Crippen LogP contribution in [0.4, 0.5) is 14.5 Å². The van der Waals surface area contributed by atoms with Crippen molar-refractivity contribution in [3.05, 3.63) is 35.4 Å². The van der Waals surface area contributed by atoms with Crippen LogP contribution in [0.15, 0.2) is 18.2 Å². The number of hydrogen-bond donors (Lipinski definition) is 1. The molecular formula is C12H13F2NOS. The summed E-state index contributed by atoms with van der Waals surface area (Å²) in [4.78, 5) is 10.6. The summed E-state index contributed by atoms with van der Waals surface area (Å²) in [5.41, 5.74) is 5.50. The van der Waals surface area contributed by atoms with Gasteiger partial charge in [0.05, 0.1) is 5.69 Å². The Balaban J connectivity index is 2.59. The first-order valence-corrected chi connectivity index (χ1v) is 6.03. The molecule has 0 bridgehead atoms. The van der Waals surface area contributed by atoms with Crippen molar-refractivity contribution in [2.75, 3.05) is 11.5 Å². The van der Waals surface area contributed by atoms with Crippen LogP contribution in [0, 0.1) is 11.6 Å². The number of carbonyl (C=O) groups is 1. The summed E-state index contributed by atoms with van der Waals surface area (Å²) < 4.78 is 26.1. The Labute approximate surface area is 103 Å². The van der Waals surface area contributed by atoms with Crippen molar-refractivity contribution in [2.24, 2.45) is 0 Å². The fraction of sp³-hybridized carbons (Fsp3) is 0.250. The molecule has 0 saturated carbocycles. The maximum atomic E-state index is 13.3. The average molecular weight is 257 g/mol. The van der Waals surface area contributed by atoms with Gasteiger partial charge in [0.1, 0.15) is 11.6 Å². The van der Waals surface area contributed by atoms with Crippen molar-refractivity contribution >= 4 is 28.6 Å². The van der Waals surface area contributed by atoms with Crippen LogP contribution in [-0.4, -0.2) is 10.9 Å². The summed E-state index contributed by atoms with van der Waals surface area (Å²) in [5.74, 6) is -0.761. The van der Waals surface area contributed by atoms with Gasteiger partial charge in [0.15, 0.2) is 5.12 Å². The summed E-state index contributed by atoms with van der Waals surface area (Å²) in [6.45, 7) is 1.49. The van der Waals surface area contributed by atoms with E-state index in [0.29, 0.717) is 12.2 Å². The van der Waals surface area contributed by atoms with Crippen molar-refractivity contribution in [1.29, 1.82) is 0 Å². The van der Waals surface area contributed by atoms with Crippen molar-refractivity contribution in [1.82, 2.24) is 0 Å². The molecule has 92 valence electrons. The zero-order valence-corrected chi connectivity index (χ0v) is 10.2. The van der Waals surface area contributed by atoms with Gasteiger partial charge in [-0.05, 0) is 12.5 Å². The number of rotatable bonds is 4. The number of nitrogens with two attached hydrogens (primary N) is 1. The Kier molecular flexibility index (Phi) is 5.15. The molecule has 0 aromatic heterocycles. The lowest BCUT2D eigenvalue weighted by atomic mass is 10.1. The molecule has 0 amide bonds. The largest absolute Gasteiger partial charge is 0.396 e. The molecule has 1 rings (SSSR count). The number of benzene rings is 1. The van der Waals surface area contributed by atoms with E-state index in [9.17, 15) is 13.6 Å². The van der Waals surface area contributed by atoms with Crippen molar-refractivity contribution in [3.63, 3.8) is 0 Å². The lowest BCUT2D eigenvalue weighted by molar-refractivity contribution is -0.109. The quantitative estimate of drug-likeness (QED) is 0.665.